The first kappa shape index (κ1) is 17.4. The summed E-state index contributed by atoms with van der Waals surface area (Å²) in [5, 5.41) is 0. The zero-order chi connectivity index (χ0) is 15.0. The molecule has 0 aromatic heterocycles. The quantitative estimate of drug-likeness (QED) is 0.740. The Hall–Kier alpha value is -0.610. The normalized spacial score (nSPS) is 19.9. The molecule has 1 rings (SSSR count). The minimum Gasteiger partial charge on any atom is -0.340 e. The Labute approximate surface area is 124 Å². The average Bonchev–Trinajstić information content (AvgIpc) is 2.48. The third kappa shape index (κ3) is 5.41. The van der Waals surface area contributed by atoms with E-state index in [1.54, 1.807) is 0 Å². The van der Waals surface area contributed by atoms with Crippen LogP contribution in [0.4, 0.5) is 0 Å². The van der Waals surface area contributed by atoms with Crippen LogP contribution >= 0.6 is 0 Å². The highest BCUT2D eigenvalue weighted by Crippen LogP contribution is 2.17. The fourth-order valence-electron chi connectivity index (χ4n) is 2.88. The van der Waals surface area contributed by atoms with E-state index in [4.69, 9.17) is 5.73 Å². The minimum absolute atomic E-state index is 0.240. The van der Waals surface area contributed by atoms with Crippen LogP contribution in [0.5, 0.6) is 0 Å². The molecule has 0 aromatic carbocycles. The predicted molar refractivity (Wildman–Crippen MR) is 84.5 cm³/mol. The van der Waals surface area contributed by atoms with Crippen LogP contribution in [-0.2, 0) is 4.79 Å². The topological polar surface area (TPSA) is 49.6 Å². The van der Waals surface area contributed by atoms with E-state index in [2.05, 4.69) is 30.6 Å². The molecule has 1 fully saturated rings. The lowest BCUT2D eigenvalue weighted by molar-refractivity contribution is -0.137. The van der Waals surface area contributed by atoms with Gasteiger partial charge in [-0.25, -0.2) is 0 Å². The number of carbonyl (C=O) groups excluding carboxylic acids is 1. The van der Waals surface area contributed by atoms with Crippen molar-refractivity contribution in [1.82, 2.24) is 9.80 Å². The molecule has 0 saturated carbocycles. The molecule has 1 amide bonds. The van der Waals surface area contributed by atoms with Gasteiger partial charge < -0.3 is 10.6 Å². The summed E-state index contributed by atoms with van der Waals surface area (Å²) < 4.78 is 0. The van der Waals surface area contributed by atoms with Crippen LogP contribution in [0.2, 0.25) is 0 Å². The maximum Gasteiger partial charge on any atom is 0.225 e. The van der Waals surface area contributed by atoms with Crippen LogP contribution in [0.15, 0.2) is 0 Å². The van der Waals surface area contributed by atoms with Crippen LogP contribution in [0.3, 0.4) is 0 Å². The van der Waals surface area contributed by atoms with E-state index < -0.39 is 0 Å². The molecule has 0 aromatic rings. The molecular weight excluding hydrogens is 250 g/mol. The lowest BCUT2D eigenvalue weighted by atomic mass is 9.97. The lowest BCUT2D eigenvalue weighted by Crippen LogP contribution is -2.51. The second-order valence-corrected chi connectivity index (χ2v) is 6.21. The fourth-order valence-corrected chi connectivity index (χ4v) is 2.88. The summed E-state index contributed by atoms with van der Waals surface area (Å²) in [5.74, 6) is 1.17. The Bertz CT molecular complexity index is 275. The highest BCUT2D eigenvalue weighted by atomic mass is 16.2. The van der Waals surface area contributed by atoms with Crippen LogP contribution < -0.4 is 5.73 Å². The number of rotatable bonds is 8. The molecule has 4 nitrogen and oxygen atoms in total. The second-order valence-electron chi connectivity index (χ2n) is 6.21. The number of nitrogens with two attached hydrogens (primary N) is 1. The maximum absolute atomic E-state index is 12.5. The molecule has 20 heavy (non-hydrogen) atoms. The molecule has 1 heterocycles. The summed E-state index contributed by atoms with van der Waals surface area (Å²) in [6.07, 6.45) is 4.37. The van der Waals surface area contributed by atoms with Gasteiger partial charge in [-0.05, 0) is 25.3 Å². The van der Waals surface area contributed by atoms with E-state index in [1.165, 1.54) is 6.42 Å². The standard InChI is InChI=1S/C16H33N3O/c1-4-6-7-15(5-2)16(20)19-10-8-18(9-11-19)13-14(3)12-17/h14-15H,4-13,17H2,1-3H3. The van der Waals surface area contributed by atoms with Crippen LogP contribution in [0.1, 0.15) is 46.5 Å². The molecule has 118 valence electrons. The van der Waals surface area contributed by atoms with Gasteiger partial charge in [0, 0.05) is 38.6 Å². The van der Waals surface area contributed by atoms with E-state index in [1.807, 2.05) is 0 Å². The first-order chi connectivity index (χ1) is 9.62. The van der Waals surface area contributed by atoms with Crippen molar-refractivity contribution in [2.75, 3.05) is 39.3 Å². The molecule has 1 saturated heterocycles. The van der Waals surface area contributed by atoms with Gasteiger partial charge in [-0.2, -0.15) is 0 Å². The molecule has 0 bridgehead atoms. The second kappa shape index (κ2) is 9.35. The van der Waals surface area contributed by atoms with Gasteiger partial charge in [-0.1, -0.05) is 33.6 Å². The summed E-state index contributed by atoms with van der Waals surface area (Å²) in [6, 6.07) is 0. The minimum atomic E-state index is 0.240. The molecule has 0 spiro atoms. The fraction of sp³-hybridized carbons (Fsp3) is 0.938. The number of hydrogen-bond acceptors (Lipinski definition) is 3. The number of nitrogens with zero attached hydrogens (tertiary/aromatic N) is 2. The summed E-state index contributed by atoms with van der Waals surface area (Å²) in [5.41, 5.74) is 5.68. The molecule has 0 radical (unpaired) electrons. The molecule has 0 aliphatic carbocycles. The Morgan fingerprint density at radius 1 is 1.20 bits per heavy atom. The average molecular weight is 283 g/mol. The summed E-state index contributed by atoms with van der Waals surface area (Å²) in [6.45, 7) is 12.1. The zero-order valence-electron chi connectivity index (χ0n) is 13.6. The summed E-state index contributed by atoms with van der Waals surface area (Å²) in [4.78, 5) is 17.0. The summed E-state index contributed by atoms with van der Waals surface area (Å²) in [7, 11) is 0. The molecule has 1 aliphatic rings. The Balaban J connectivity index is 2.37. The van der Waals surface area contributed by atoms with Gasteiger partial charge in [0.15, 0.2) is 0 Å². The Kier molecular flexibility index (Phi) is 8.15. The molecule has 2 N–H and O–H groups in total. The van der Waals surface area contributed by atoms with Gasteiger partial charge >= 0.3 is 0 Å². The van der Waals surface area contributed by atoms with Crippen molar-refractivity contribution in [3.63, 3.8) is 0 Å². The van der Waals surface area contributed by atoms with Gasteiger partial charge in [0.2, 0.25) is 5.91 Å². The largest absolute Gasteiger partial charge is 0.340 e. The first-order valence-electron chi connectivity index (χ1n) is 8.33. The van der Waals surface area contributed by atoms with Crippen molar-refractivity contribution < 1.29 is 4.79 Å². The van der Waals surface area contributed by atoms with Gasteiger partial charge in [0.1, 0.15) is 0 Å². The third-order valence-electron chi connectivity index (χ3n) is 4.40. The van der Waals surface area contributed by atoms with E-state index in [0.717, 1.165) is 58.5 Å². The number of amides is 1. The SMILES string of the molecule is CCCCC(CC)C(=O)N1CCN(CC(C)CN)CC1. The Morgan fingerprint density at radius 3 is 2.35 bits per heavy atom. The van der Waals surface area contributed by atoms with Crippen molar-refractivity contribution in [2.45, 2.75) is 46.5 Å². The van der Waals surface area contributed by atoms with E-state index in [-0.39, 0.29) is 5.92 Å². The van der Waals surface area contributed by atoms with Crippen molar-refractivity contribution in [3.05, 3.63) is 0 Å². The van der Waals surface area contributed by atoms with Crippen LogP contribution in [0.25, 0.3) is 0 Å². The smallest absolute Gasteiger partial charge is 0.225 e. The third-order valence-corrected chi connectivity index (χ3v) is 4.40. The van der Waals surface area contributed by atoms with Gasteiger partial charge in [-0.3, -0.25) is 9.69 Å². The molecule has 2 unspecified atom stereocenters. The number of piperazine rings is 1. The van der Waals surface area contributed by atoms with Gasteiger partial charge in [-0.15, -0.1) is 0 Å². The zero-order valence-corrected chi connectivity index (χ0v) is 13.6. The van der Waals surface area contributed by atoms with Crippen molar-refractivity contribution in [3.8, 4) is 0 Å². The maximum atomic E-state index is 12.5. The number of hydrogen-bond donors (Lipinski definition) is 1. The molecule has 1 aliphatic heterocycles. The lowest BCUT2D eigenvalue weighted by Gasteiger charge is -2.37. The molecule has 2 atom stereocenters. The molecule has 4 heteroatoms. The number of carbonyl (C=O) groups is 1. The molecular formula is C16H33N3O. The highest BCUT2D eigenvalue weighted by molar-refractivity contribution is 5.78. The first-order valence-corrected chi connectivity index (χ1v) is 8.33. The van der Waals surface area contributed by atoms with Crippen molar-refractivity contribution in [2.24, 2.45) is 17.6 Å². The summed E-state index contributed by atoms with van der Waals surface area (Å²) >= 11 is 0. The van der Waals surface area contributed by atoms with Gasteiger partial charge in [0.05, 0.1) is 0 Å². The van der Waals surface area contributed by atoms with Crippen molar-refractivity contribution >= 4 is 5.91 Å². The van der Waals surface area contributed by atoms with Crippen molar-refractivity contribution in [1.29, 1.82) is 0 Å². The Morgan fingerprint density at radius 2 is 1.85 bits per heavy atom. The van der Waals surface area contributed by atoms with E-state index in [0.29, 0.717) is 11.8 Å². The van der Waals surface area contributed by atoms with Crippen LogP contribution in [-0.4, -0.2) is 55.0 Å². The van der Waals surface area contributed by atoms with Crippen LogP contribution in [0, 0.1) is 11.8 Å². The highest BCUT2D eigenvalue weighted by Gasteiger charge is 2.26. The van der Waals surface area contributed by atoms with E-state index >= 15 is 0 Å². The predicted octanol–water partition coefficient (Wildman–Crippen LogP) is 1.94. The van der Waals surface area contributed by atoms with Gasteiger partial charge in [0.25, 0.3) is 0 Å². The number of unbranched alkanes of at least 4 members (excludes halogenated alkanes) is 1. The van der Waals surface area contributed by atoms with E-state index in [9.17, 15) is 4.79 Å². The monoisotopic (exact) mass is 283 g/mol.